The first kappa shape index (κ1) is 14.6. The minimum absolute atomic E-state index is 0.207. The number of aromatic hydroxyl groups is 1. The summed E-state index contributed by atoms with van der Waals surface area (Å²) in [6.07, 6.45) is 1.02. The molecule has 1 unspecified atom stereocenters. The molecular weight excluding hydrogens is 246 g/mol. The van der Waals surface area contributed by atoms with Gasteiger partial charge in [0.05, 0.1) is 0 Å². The van der Waals surface area contributed by atoms with Crippen molar-refractivity contribution in [1.29, 1.82) is 0 Å². The topological polar surface area (TPSA) is 23.5 Å². The van der Waals surface area contributed by atoms with Crippen LogP contribution in [0.1, 0.15) is 29.7 Å². The fourth-order valence-electron chi connectivity index (χ4n) is 2.39. The molecule has 2 aromatic carbocycles. The molecule has 20 heavy (non-hydrogen) atoms. The van der Waals surface area contributed by atoms with Gasteiger partial charge in [-0.3, -0.25) is 4.90 Å². The highest BCUT2D eigenvalue weighted by Crippen LogP contribution is 2.28. The van der Waals surface area contributed by atoms with Crippen molar-refractivity contribution in [3.05, 3.63) is 65.2 Å². The second kappa shape index (κ2) is 6.58. The van der Waals surface area contributed by atoms with Crippen LogP contribution in [0.5, 0.6) is 5.75 Å². The Morgan fingerprint density at radius 3 is 2.50 bits per heavy atom. The molecule has 0 bridgehead atoms. The Labute approximate surface area is 121 Å². The molecule has 0 aromatic heterocycles. The van der Waals surface area contributed by atoms with Gasteiger partial charge in [-0.25, -0.2) is 0 Å². The summed E-state index contributed by atoms with van der Waals surface area (Å²) in [7, 11) is 2.11. The van der Waals surface area contributed by atoms with E-state index in [9.17, 15) is 5.11 Å². The Hall–Kier alpha value is -1.80. The van der Waals surface area contributed by atoms with E-state index in [-0.39, 0.29) is 6.04 Å². The maximum absolute atomic E-state index is 10.0. The molecule has 2 nitrogen and oxygen atoms in total. The molecule has 0 aliphatic carbocycles. The lowest BCUT2D eigenvalue weighted by Crippen LogP contribution is -2.25. The molecule has 0 radical (unpaired) electrons. The van der Waals surface area contributed by atoms with Crippen LogP contribution < -0.4 is 0 Å². The smallest absolute Gasteiger partial charge is 0.120 e. The highest BCUT2D eigenvalue weighted by molar-refractivity contribution is 5.37. The first-order valence-corrected chi connectivity index (χ1v) is 7.11. The number of nitrogens with zero attached hydrogens (tertiary/aromatic N) is 1. The minimum atomic E-state index is 0.207. The predicted octanol–water partition coefficient (Wildman–Crippen LogP) is 3.94. The minimum Gasteiger partial charge on any atom is -0.508 e. The van der Waals surface area contributed by atoms with E-state index in [2.05, 4.69) is 56.1 Å². The van der Waals surface area contributed by atoms with Gasteiger partial charge in [0.2, 0.25) is 0 Å². The number of phenols is 1. The predicted molar refractivity (Wildman–Crippen MR) is 84.0 cm³/mol. The van der Waals surface area contributed by atoms with E-state index in [1.54, 1.807) is 6.07 Å². The van der Waals surface area contributed by atoms with Gasteiger partial charge in [-0.2, -0.15) is 0 Å². The Bertz CT molecular complexity index is 551. The SMILES string of the molecule is Cc1ccc(O)c(C(C)N(C)CCc2ccccc2)c1. The van der Waals surface area contributed by atoms with Crippen LogP contribution in [0.3, 0.4) is 0 Å². The normalized spacial score (nSPS) is 12.6. The van der Waals surface area contributed by atoms with Crippen LogP contribution in [-0.4, -0.2) is 23.6 Å². The van der Waals surface area contributed by atoms with Gasteiger partial charge in [0, 0.05) is 18.2 Å². The molecular formula is C18H23NO. The summed E-state index contributed by atoms with van der Waals surface area (Å²) < 4.78 is 0. The van der Waals surface area contributed by atoms with Gasteiger partial charge in [-0.15, -0.1) is 0 Å². The maximum atomic E-state index is 10.0. The third-order valence-corrected chi connectivity index (χ3v) is 3.89. The van der Waals surface area contributed by atoms with Crippen molar-refractivity contribution in [2.24, 2.45) is 0 Å². The molecule has 0 heterocycles. The molecule has 106 valence electrons. The van der Waals surface area contributed by atoms with E-state index in [0.29, 0.717) is 5.75 Å². The van der Waals surface area contributed by atoms with Crippen molar-refractivity contribution in [3.63, 3.8) is 0 Å². The molecule has 1 N–H and O–H groups in total. The van der Waals surface area contributed by atoms with Gasteiger partial charge in [0.25, 0.3) is 0 Å². The summed E-state index contributed by atoms with van der Waals surface area (Å²) in [6, 6.07) is 16.5. The van der Waals surface area contributed by atoms with Crippen LogP contribution >= 0.6 is 0 Å². The number of aryl methyl sites for hydroxylation is 1. The Morgan fingerprint density at radius 2 is 1.80 bits per heavy atom. The number of likely N-dealkylation sites (N-methyl/N-ethyl adjacent to an activating group) is 1. The maximum Gasteiger partial charge on any atom is 0.120 e. The number of benzene rings is 2. The van der Waals surface area contributed by atoms with Crippen LogP contribution in [0.15, 0.2) is 48.5 Å². The van der Waals surface area contributed by atoms with E-state index >= 15 is 0 Å². The quantitative estimate of drug-likeness (QED) is 0.889. The summed E-state index contributed by atoms with van der Waals surface area (Å²) in [6.45, 7) is 5.16. The van der Waals surface area contributed by atoms with Gasteiger partial charge in [-0.1, -0.05) is 48.0 Å². The Kier molecular flexibility index (Phi) is 4.80. The zero-order chi connectivity index (χ0) is 14.5. The lowest BCUT2D eigenvalue weighted by atomic mass is 10.0. The van der Waals surface area contributed by atoms with E-state index < -0.39 is 0 Å². The lowest BCUT2D eigenvalue weighted by molar-refractivity contribution is 0.259. The van der Waals surface area contributed by atoms with Gasteiger partial charge < -0.3 is 5.11 Å². The lowest BCUT2D eigenvalue weighted by Gasteiger charge is -2.26. The zero-order valence-electron chi connectivity index (χ0n) is 12.5. The number of phenolic OH excluding ortho intramolecular Hbond substituents is 1. The second-order valence-electron chi connectivity index (χ2n) is 5.45. The standard InChI is InChI=1S/C18H23NO/c1-14-9-10-18(20)17(13-14)15(2)19(3)12-11-16-7-5-4-6-8-16/h4-10,13,15,20H,11-12H2,1-3H3. The van der Waals surface area contributed by atoms with Crippen molar-refractivity contribution in [3.8, 4) is 5.75 Å². The average molecular weight is 269 g/mol. The molecule has 0 spiro atoms. The molecule has 0 saturated carbocycles. The average Bonchev–Trinajstić information content (AvgIpc) is 2.47. The molecule has 2 rings (SSSR count). The summed E-state index contributed by atoms with van der Waals surface area (Å²) in [5.41, 5.74) is 3.53. The van der Waals surface area contributed by atoms with Crippen molar-refractivity contribution >= 4 is 0 Å². The van der Waals surface area contributed by atoms with Crippen LogP contribution in [-0.2, 0) is 6.42 Å². The van der Waals surface area contributed by atoms with Crippen molar-refractivity contribution in [2.45, 2.75) is 26.3 Å². The van der Waals surface area contributed by atoms with Crippen molar-refractivity contribution in [1.82, 2.24) is 4.90 Å². The Balaban J connectivity index is 2.01. The third-order valence-electron chi connectivity index (χ3n) is 3.89. The molecule has 0 aliphatic heterocycles. The van der Waals surface area contributed by atoms with E-state index in [1.807, 2.05) is 12.1 Å². The summed E-state index contributed by atoms with van der Waals surface area (Å²) in [5, 5.41) is 10.0. The van der Waals surface area contributed by atoms with E-state index in [0.717, 1.165) is 18.5 Å². The van der Waals surface area contributed by atoms with E-state index in [4.69, 9.17) is 0 Å². The van der Waals surface area contributed by atoms with Crippen LogP contribution in [0.4, 0.5) is 0 Å². The highest BCUT2D eigenvalue weighted by Gasteiger charge is 2.15. The number of hydrogen-bond acceptors (Lipinski definition) is 2. The first-order chi connectivity index (χ1) is 9.58. The monoisotopic (exact) mass is 269 g/mol. The second-order valence-corrected chi connectivity index (χ2v) is 5.45. The van der Waals surface area contributed by atoms with Crippen molar-refractivity contribution < 1.29 is 5.11 Å². The highest BCUT2D eigenvalue weighted by atomic mass is 16.3. The fraction of sp³-hybridized carbons (Fsp3) is 0.333. The third kappa shape index (κ3) is 3.61. The zero-order valence-corrected chi connectivity index (χ0v) is 12.5. The Morgan fingerprint density at radius 1 is 1.10 bits per heavy atom. The first-order valence-electron chi connectivity index (χ1n) is 7.11. The van der Waals surface area contributed by atoms with Gasteiger partial charge >= 0.3 is 0 Å². The van der Waals surface area contributed by atoms with E-state index in [1.165, 1.54) is 11.1 Å². The number of rotatable bonds is 5. The molecule has 0 amide bonds. The fourth-order valence-corrected chi connectivity index (χ4v) is 2.39. The molecule has 2 aromatic rings. The van der Waals surface area contributed by atoms with Gasteiger partial charge in [-0.05, 0) is 38.9 Å². The summed E-state index contributed by atoms with van der Waals surface area (Å²) in [4.78, 5) is 2.28. The van der Waals surface area contributed by atoms with Gasteiger partial charge in [0.15, 0.2) is 0 Å². The molecule has 1 atom stereocenters. The van der Waals surface area contributed by atoms with Crippen LogP contribution in [0, 0.1) is 6.92 Å². The van der Waals surface area contributed by atoms with Crippen LogP contribution in [0.25, 0.3) is 0 Å². The molecule has 0 fully saturated rings. The van der Waals surface area contributed by atoms with Gasteiger partial charge in [0.1, 0.15) is 5.75 Å². The number of hydrogen-bond donors (Lipinski definition) is 1. The summed E-state index contributed by atoms with van der Waals surface area (Å²) >= 11 is 0. The summed E-state index contributed by atoms with van der Waals surface area (Å²) in [5.74, 6) is 0.384. The molecule has 0 aliphatic rings. The largest absolute Gasteiger partial charge is 0.508 e. The van der Waals surface area contributed by atoms with Crippen molar-refractivity contribution in [2.75, 3.05) is 13.6 Å². The molecule has 0 saturated heterocycles. The molecule has 2 heteroatoms. The van der Waals surface area contributed by atoms with Crippen LogP contribution in [0.2, 0.25) is 0 Å².